The second kappa shape index (κ2) is 11.2. The molecule has 0 saturated carbocycles. The number of ether oxygens (including phenoxy) is 2. The molecule has 1 aliphatic rings. The van der Waals surface area contributed by atoms with Gasteiger partial charge in [0.1, 0.15) is 12.4 Å². The topological polar surface area (TPSA) is 97.0 Å². The average molecular weight is 542 g/mol. The summed E-state index contributed by atoms with van der Waals surface area (Å²) in [4.78, 5) is 13.0. The number of hydrogen-bond acceptors (Lipinski definition) is 6. The highest BCUT2D eigenvalue weighted by Crippen LogP contribution is 2.24. The van der Waals surface area contributed by atoms with Crippen LogP contribution in [-0.2, 0) is 14.8 Å². The fourth-order valence-corrected chi connectivity index (χ4v) is 5.25. The van der Waals surface area contributed by atoms with E-state index in [1.807, 2.05) is 0 Å². The van der Waals surface area contributed by atoms with E-state index in [0.717, 1.165) is 17.3 Å². The largest absolute Gasteiger partial charge is 0.490 e. The molecule has 2 aromatic rings. The average Bonchev–Trinajstić information content (AvgIpc) is 3.31. The predicted molar refractivity (Wildman–Crippen MR) is 130 cm³/mol. The van der Waals surface area contributed by atoms with Crippen molar-refractivity contribution in [3.05, 3.63) is 52.5 Å². The Hall–Kier alpha value is -2.05. The third-order valence-electron chi connectivity index (χ3n) is 4.77. The van der Waals surface area contributed by atoms with Gasteiger partial charge in [0.15, 0.2) is 5.11 Å². The molecule has 1 fully saturated rings. The predicted octanol–water partition coefficient (Wildman–Crippen LogP) is 3.39. The molecular formula is C21H24BrN3O5S2. The van der Waals surface area contributed by atoms with Gasteiger partial charge in [0, 0.05) is 30.4 Å². The summed E-state index contributed by atoms with van der Waals surface area (Å²) in [5, 5.41) is 5.59. The second-order valence-electron chi connectivity index (χ2n) is 7.03. The van der Waals surface area contributed by atoms with Crippen molar-refractivity contribution in [3.8, 4) is 5.75 Å². The lowest BCUT2D eigenvalue weighted by Crippen LogP contribution is -2.34. The van der Waals surface area contributed by atoms with Gasteiger partial charge in [-0.25, -0.2) is 8.42 Å². The van der Waals surface area contributed by atoms with Crippen molar-refractivity contribution in [1.82, 2.24) is 9.62 Å². The highest BCUT2D eigenvalue weighted by molar-refractivity contribution is 9.10. The molecule has 2 aromatic carbocycles. The number of nitrogens with one attached hydrogen (secondary N) is 2. The van der Waals surface area contributed by atoms with Crippen LogP contribution < -0.4 is 15.4 Å². The Morgan fingerprint density at radius 1 is 1.12 bits per heavy atom. The first-order valence-corrected chi connectivity index (χ1v) is 12.6. The van der Waals surface area contributed by atoms with Crippen molar-refractivity contribution in [1.29, 1.82) is 0 Å². The van der Waals surface area contributed by atoms with E-state index in [9.17, 15) is 13.2 Å². The summed E-state index contributed by atoms with van der Waals surface area (Å²) in [5.74, 6) is -0.0357. The number of thiocarbonyl (C=S) groups is 1. The van der Waals surface area contributed by atoms with Gasteiger partial charge in [0.25, 0.3) is 5.91 Å². The number of nitrogens with zero attached hydrogens (tertiary/aromatic N) is 1. The summed E-state index contributed by atoms with van der Waals surface area (Å²) in [6, 6.07) is 11.4. The van der Waals surface area contributed by atoms with Gasteiger partial charge >= 0.3 is 0 Å². The number of carbonyl (C=O) groups is 1. The van der Waals surface area contributed by atoms with Gasteiger partial charge in [-0.2, -0.15) is 4.31 Å². The quantitative estimate of drug-likeness (QED) is 0.390. The molecule has 2 N–H and O–H groups in total. The lowest BCUT2D eigenvalue weighted by molar-refractivity contribution is 0.0969. The van der Waals surface area contributed by atoms with E-state index in [4.69, 9.17) is 21.7 Å². The first kappa shape index (κ1) is 24.6. The third-order valence-corrected chi connectivity index (χ3v) is 7.38. The molecule has 0 aliphatic carbocycles. The Balaban J connectivity index is 1.63. The molecule has 0 aromatic heterocycles. The van der Waals surface area contributed by atoms with E-state index in [-0.39, 0.29) is 10.0 Å². The molecule has 0 unspecified atom stereocenters. The molecular weight excluding hydrogens is 518 g/mol. The molecule has 1 heterocycles. The third kappa shape index (κ3) is 6.26. The SMILES string of the molecule is COCCOc1ccc(Br)cc1C(=O)NC(=S)Nc1ccc(S(=O)(=O)N2CCCC2)cc1. The van der Waals surface area contributed by atoms with E-state index in [0.29, 0.717) is 43.3 Å². The smallest absolute Gasteiger partial charge is 0.261 e. The van der Waals surface area contributed by atoms with Crippen LogP contribution in [0.1, 0.15) is 23.2 Å². The number of methoxy groups -OCH3 is 1. The maximum atomic E-state index is 12.7. The standard InChI is InChI=1S/C21H24BrN3O5S2/c1-29-12-13-30-19-9-4-15(22)14-18(19)20(26)24-21(31)23-16-5-7-17(8-6-16)32(27,28)25-10-2-3-11-25/h4-9,14H,2-3,10-13H2,1H3,(H2,23,24,26,31). The number of halogens is 1. The van der Waals surface area contributed by atoms with Crippen LogP contribution in [0.2, 0.25) is 0 Å². The molecule has 0 bridgehead atoms. The highest BCUT2D eigenvalue weighted by Gasteiger charge is 2.27. The first-order valence-electron chi connectivity index (χ1n) is 9.95. The molecule has 8 nitrogen and oxygen atoms in total. The fraction of sp³-hybridized carbons (Fsp3) is 0.333. The van der Waals surface area contributed by atoms with Crippen LogP contribution >= 0.6 is 28.1 Å². The highest BCUT2D eigenvalue weighted by atomic mass is 79.9. The molecule has 1 saturated heterocycles. The number of benzene rings is 2. The van der Waals surface area contributed by atoms with Crippen molar-refractivity contribution in [2.75, 3.05) is 38.7 Å². The zero-order valence-electron chi connectivity index (χ0n) is 17.5. The molecule has 1 aliphatic heterocycles. The number of anilines is 1. The number of hydrogen-bond donors (Lipinski definition) is 2. The van der Waals surface area contributed by atoms with E-state index in [1.165, 1.54) is 16.4 Å². The van der Waals surface area contributed by atoms with E-state index in [1.54, 1.807) is 37.4 Å². The summed E-state index contributed by atoms with van der Waals surface area (Å²) in [7, 11) is -1.92. The Kier molecular flexibility index (Phi) is 8.60. The lowest BCUT2D eigenvalue weighted by atomic mass is 10.2. The number of rotatable bonds is 8. The van der Waals surface area contributed by atoms with Crippen LogP contribution in [0.25, 0.3) is 0 Å². The van der Waals surface area contributed by atoms with Gasteiger partial charge in [0.05, 0.1) is 17.1 Å². The summed E-state index contributed by atoms with van der Waals surface area (Å²) < 4.78 is 38.0. The van der Waals surface area contributed by atoms with Crippen LogP contribution in [0.4, 0.5) is 5.69 Å². The van der Waals surface area contributed by atoms with Gasteiger partial charge in [-0.3, -0.25) is 10.1 Å². The Morgan fingerprint density at radius 3 is 2.47 bits per heavy atom. The molecule has 32 heavy (non-hydrogen) atoms. The summed E-state index contributed by atoms with van der Waals surface area (Å²) >= 11 is 8.60. The summed E-state index contributed by atoms with van der Waals surface area (Å²) in [5.41, 5.74) is 0.869. The van der Waals surface area contributed by atoms with Crippen molar-refractivity contribution in [2.24, 2.45) is 0 Å². The Bertz CT molecular complexity index is 1070. The van der Waals surface area contributed by atoms with Crippen molar-refractivity contribution in [3.63, 3.8) is 0 Å². The van der Waals surface area contributed by atoms with Crippen LogP contribution in [0.15, 0.2) is 51.8 Å². The van der Waals surface area contributed by atoms with Crippen molar-refractivity contribution < 1.29 is 22.7 Å². The van der Waals surface area contributed by atoms with Gasteiger partial charge in [-0.15, -0.1) is 0 Å². The Labute approximate surface area is 201 Å². The molecule has 0 spiro atoms. The molecule has 1 amide bonds. The van der Waals surface area contributed by atoms with Crippen LogP contribution in [-0.4, -0.2) is 57.2 Å². The number of amides is 1. The second-order valence-corrected chi connectivity index (χ2v) is 10.3. The summed E-state index contributed by atoms with van der Waals surface area (Å²) in [6.45, 7) is 1.78. The van der Waals surface area contributed by atoms with Gasteiger partial charge in [-0.05, 0) is 67.5 Å². The van der Waals surface area contributed by atoms with Crippen LogP contribution in [0.5, 0.6) is 5.75 Å². The van der Waals surface area contributed by atoms with E-state index in [2.05, 4.69) is 26.6 Å². The molecule has 172 valence electrons. The minimum Gasteiger partial charge on any atom is -0.490 e. The summed E-state index contributed by atoms with van der Waals surface area (Å²) in [6.07, 6.45) is 1.76. The zero-order chi connectivity index (χ0) is 23.1. The van der Waals surface area contributed by atoms with Crippen molar-refractivity contribution >= 4 is 54.9 Å². The molecule has 11 heteroatoms. The normalized spacial score (nSPS) is 14.2. The molecule has 0 radical (unpaired) electrons. The van der Waals surface area contributed by atoms with Crippen LogP contribution in [0, 0.1) is 0 Å². The van der Waals surface area contributed by atoms with Gasteiger partial charge in [0.2, 0.25) is 10.0 Å². The fourth-order valence-electron chi connectivity index (χ4n) is 3.16. The lowest BCUT2D eigenvalue weighted by Gasteiger charge is -2.16. The molecule has 3 rings (SSSR count). The van der Waals surface area contributed by atoms with Crippen LogP contribution in [0.3, 0.4) is 0 Å². The number of sulfonamides is 1. The Morgan fingerprint density at radius 2 is 1.81 bits per heavy atom. The molecule has 0 atom stereocenters. The minimum atomic E-state index is -3.48. The maximum absolute atomic E-state index is 12.7. The van der Waals surface area contributed by atoms with Crippen molar-refractivity contribution in [2.45, 2.75) is 17.7 Å². The minimum absolute atomic E-state index is 0.0768. The van der Waals surface area contributed by atoms with Gasteiger partial charge in [-0.1, -0.05) is 15.9 Å². The van der Waals surface area contributed by atoms with E-state index >= 15 is 0 Å². The maximum Gasteiger partial charge on any atom is 0.261 e. The number of carbonyl (C=O) groups excluding carboxylic acids is 1. The monoisotopic (exact) mass is 541 g/mol. The van der Waals surface area contributed by atoms with E-state index < -0.39 is 15.9 Å². The first-order chi connectivity index (χ1) is 15.3. The zero-order valence-corrected chi connectivity index (χ0v) is 20.7. The van der Waals surface area contributed by atoms with Gasteiger partial charge < -0.3 is 14.8 Å².